The topological polar surface area (TPSA) is 76.7 Å². The van der Waals surface area contributed by atoms with Crippen molar-refractivity contribution in [2.45, 2.75) is 38.3 Å². The first-order valence-corrected chi connectivity index (χ1v) is 10.5. The number of rotatable bonds is 9. The minimum Gasteiger partial charge on any atom is -0.492 e. The first-order valence-electron chi connectivity index (χ1n) is 10.5. The zero-order chi connectivity index (χ0) is 21.3. The summed E-state index contributed by atoms with van der Waals surface area (Å²) in [7, 11) is 1.36. The van der Waals surface area contributed by atoms with Crippen molar-refractivity contribution in [3.8, 4) is 5.75 Å². The van der Waals surface area contributed by atoms with Gasteiger partial charge in [-0.25, -0.2) is 4.79 Å². The van der Waals surface area contributed by atoms with Crippen LogP contribution >= 0.6 is 0 Å². The molecule has 1 fully saturated rings. The maximum atomic E-state index is 12.7. The second kappa shape index (κ2) is 10.8. The molecule has 30 heavy (non-hydrogen) atoms. The Balaban J connectivity index is 1.39. The number of carbonyl (C=O) groups excluding carboxylic acids is 2. The van der Waals surface area contributed by atoms with Crippen LogP contribution in [0.15, 0.2) is 54.6 Å². The zero-order valence-corrected chi connectivity index (χ0v) is 17.6. The van der Waals surface area contributed by atoms with Crippen LogP contribution in [0.25, 0.3) is 0 Å². The lowest BCUT2D eigenvalue weighted by atomic mass is 10.0. The Kier molecular flexibility index (Phi) is 7.85. The highest BCUT2D eigenvalue weighted by Crippen LogP contribution is 2.26. The first kappa shape index (κ1) is 21.8. The summed E-state index contributed by atoms with van der Waals surface area (Å²) in [4.78, 5) is 24.2. The van der Waals surface area contributed by atoms with Gasteiger partial charge in [-0.3, -0.25) is 4.79 Å². The lowest BCUT2D eigenvalue weighted by molar-refractivity contribution is -0.125. The van der Waals surface area contributed by atoms with Crippen LogP contribution in [0.5, 0.6) is 5.75 Å². The average molecular weight is 411 g/mol. The number of benzene rings is 2. The molecule has 2 unspecified atom stereocenters. The van der Waals surface area contributed by atoms with E-state index in [0.29, 0.717) is 18.2 Å². The third-order valence-corrected chi connectivity index (χ3v) is 5.54. The highest BCUT2D eigenvalue weighted by molar-refractivity contribution is 5.89. The van der Waals surface area contributed by atoms with E-state index in [4.69, 9.17) is 9.47 Å². The maximum absolute atomic E-state index is 12.7. The number of para-hydroxylation sites is 1. The monoisotopic (exact) mass is 410 g/mol. The van der Waals surface area contributed by atoms with Crippen LogP contribution < -0.4 is 15.4 Å². The van der Waals surface area contributed by atoms with Gasteiger partial charge in [-0.2, -0.15) is 0 Å². The standard InChI is InChI=1S/C24H30N2O4/c1-17(18-8-10-19(11-9-18)24(28)29-2)26-23(27)20-12-13-21(16-20)25-14-15-30-22-6-4-3-5-7-22/h3-11,17,20-21,25H,12-16H2,1-2H3,(H,26,27)/t17-,20?,21?/m0/s1. The largest absolute Gasteiger partial charge is 0.492 e. The number of hydrogen-bond acceptors (Lipinski definition) is 5. The fourth-order valence-corrected chi connectivity index (χ4v) is 3.79. The Morgan fingerprint density at radius 1 is 1.07 bits per heavy atom. The predicted octanol–water partition coefficient (Wildman–Crippen LogP) is 3.49. The molecule has 1 saturated carbocycles. The molecule has 6 nitrogen and oxygen atoms in total. The van der Waals surface area contributed by atoms with Gasteiger partial charge in [0.15, 0.2) is 0 Å². The minimum absolute atomic E-state index is 0.0225. The maximum Gasteiger partial charge on any atom is 0.337 e. The number of amides is 1. The molecular weight excluding hydrogens is 380 g/mol. The van der Waals surface area contributed by atoms with E-state index in [1.807, 2.05) is 49.4 Å². The van der Waals surface area contributed by atoms with Crippen LogP contribution in [0, 0.1) is 5.92 Å². The molecule has 1 amide bonds. The van der Waals surface area contributed by atoms with Crippen molar-refractivity contribution in [2.75, 3.05) is 20.3 Å². The van der Waals surface area contributed by atoms with E-state index in [1.165, 1.54) is 7.11 Å². The van der Waals surface area contributed by atoms with E-state index < -0.39 is 0 Å². The van der Waals surface area contributed by atoms with Gasteiger partial charge >= 0.3 is 5.97 Å². The van der Waals surface area contributed by atoms with E-state index in [0.717, 1.165) is 37.1 Å². The molecule has 1 aliphatic rings. The van der Waals surface area contributed by atoms with Crippen molar-refractivity contribution in [1.82, 2.24) is 10.6 Å². The molecule has 0 bridgehead atoms. The van der Waals surface area contributed by atoms with Crippen molar-refractivity contribution in [2.24, 2.45) is 5.92 Å². The number of carbonyl (C=O) groups is 2. The summed E-state index contributed by atoms with van der Waals surface area (Å²) in [6.07, 6.45) is 2.72. The van der Waals surface area contributed by atoms with Gasteiger partial charge in [0.2, 0.25) is 5.91 Å². The highest BCUT2D eigenvalue weighted by Gasteiger charge is 2.30. The van der Waals surface area contributed by atoms with Crippen LogP contribution in [0.4, 0.5) is 0 Å². The molecule has 0 aliphatic heterocycles. The SMILES string of the molecule is COC(=O)c1ccc([C@H](C)NC(=O)C2CCC(NCCOc3ccccc3)C2)cc1. The molecule has 160 valence electrons. The quantitative estimate of drug-likeness (QED) is 0.489. The Morgan fingerprint density at radius 2 is 1.80 bits per heavy atom. The third kappa shape index (κ3) is 6.07. The molecule has 0 spiro atoms. The number of nitrogens with one attached hydrogen (secondary N) is 2. The van der Waals surface area contributed by atoms with Gasteiger partial charge in [0.05, 0.1) is 18.7 Å². The van der Waals surface area contributed by atoms with Gasteiger partial charge < -0.3 is 20.1 Å². The number of hydrogen-bond donors (Lipinski definition) is 2. The summed E-state index contributed by atoms with van der Waals surface area (Å²) in [5.74, 6) is 0.618. The molecule has 0 heterocycles. The fourth-order valence-electron chi connectivity index (χ4n) is 3.79. The highest BCUT2D eigenvalue weighted by atomic mass is 16.5. The molecule has 1 aliphatic carbocycles. The summed E-state index contributed by atoms with van der Waals surface area (Å²) in [6.45, 7) is 3.32. The molecule has 2 aromatic carbocycles. The summed E-state index contributed by atoms with van der Waals surface area (Å²) < 4.78 is 10.4. The van der Waals surface area contributed by atoms with Crippen LogP contribution in [0.3, 0.4) is 0 Å². The van der Waals surface area contributed by atoms with Crippen LogP contribution in [-0.2, 0) is 9.53 Å². The smallest absolute Gasteiger partial charge is 0.337 e. The van der Waals surface area contributed by atoms with E-state index in [1.54, 1.807) is 12.1 Å². The Bertz CT molecular complexity index is 823. The number of esters is 1. The van der Waals surface area contributed by atoms with Crippen molar-refractivity contribution < 1.29 is 19.1 Å². The van der Waals surface area contributed by atoms with Crippen molar-refractivity contribution in [3.63, 3.8) is 0 Å². The van der Waals surface area contributed by atoms with E-state index >= 15 is 0 Å². The lowest BCUT2D eigenvalue weighted by Crippen LogP contribution is -2.34. The summed E-state index contributed by atoms with van der Waals surface area (Å²) >= 11 is 0. The van der Waals surface area contributed by atoms with Crippen LogP contribution in [-0.4, -0.2) is 38.2 Å². The summed E-state index contributed by atoms with van der Waals surface area (Å²) in [5, 5.41) is 6.60. The molecular formula is C24H30N2O4. The number of ether oxygens (including phenoxy) is 2. The van der Waals surface area contributed by atoms with Gasteiger partial charge in [0, 0.05) is 18.5 Å². The molecule has 3 atom stereocenters. The van der Waals surface area contributed by atoms with Crippen LogP contribution in [0.2, 0.25) is 0 Å². The molecule has 2 aromatic rings. The molecule has 2 N–H and O–H groups in total. The molecule has 3 rings (SSSR count). The van der Waals surface area contributed by atoms with Gasteiger partial charge in [0.1, 0.15) is 12.4 Å². The van der Waals surface area contributed by atoms with Crippen LogP contribution in [0.1, 0.15) is 48.1 Å². The zero-order valence-electron chi connectivity index (χ0n) is 17.6. The minimum atomic E-state index is -0.364. The van der Waals surface area contributed by atoms with Gasteiger partial charge in [0.25, 0.3) is 0 Å². The number of methoxy groups -OCH3 is 1. The van der Waals surface area contributed by atoms with Gasteiger partial charge in [-0.1, -0.05) is 30.3 Å². The predicted molar refractivity (Wildman–Crippen MR) is 115 cm³/mol. The fraction of sp³-hybridized carbons (Fsp3) is 0.417. The Morgan fingerprint density at radius 3 is 2.50 bits per heavy atom. The Hall–Kier alpha value is -2.86. The molecule has 6 heteroatoms. The lowest BCUT2D eigenvalue weighted by Gasteiger charge is -2.18. The van der Waals surface area contributed by atoms with Gasteiger partial charge in [-0.15, -0.1) is 0 Å². The second-order valence-electron chi connectivity index (χ2n) is 7.67. The second-order valence-corrected chi connectivity index (χ2v) is 7.67. The third-order valence-electron chi connectivity index (χ3n) is 5.54. The summed E-state index contributed by atoms with van der Waals surface area (Å²) in [6, 6.07) is 17.1. The van der Waals surface area contributed by atoms with E-state index in [2.05, 4.69) is 10.6 Å². The Labute approximate surface area is 178 Å². The molecule has 0 radical (unpaired) electrons. The van der Waals surface area contributed by atoms with Crippen molar-refractivity contribution in [1.29, 1.82) is 0 Å². The molecule has 0 saturated heterocycles. The van der Waals surface area contributed by atoms with Crippen molar-refractivity contribution in [3.05, 3.63) is 65.7 Å². The van der Waals surface area contributed by atoms with Gasteiger partial charge in [-0.05, 0) is 56.0 Å². The van der Waals surface area contributed by atoms with E-state index in [9.17, 15) is 9.59 Å². The normalized spacial score (nSPS) is 19.1. The first-order chi connectivity index (χ1) is 14.6. The average Bonchev–Trinajstić information content (AvgIpc) is 3.26. The van der Waals surface area contributed by atoms with E-state index in [-0.39, 0.29) is 23.8 Å². The summed E-state index contributed by atoms with van der Waals surface area (Å²) in [5.41, 5.74) is 1.46. The molecule has 0 aromatic heterocycles. The van der Waals surface area contributed by atoms with Crippen molar-refractivity contribution >= 4 is 11.9 Å².